The molecule has 1 aliphatic rings. The molecule has 7 nitrogen and oxygen atoms in total. The van der Waals surface area contributed by atoms with Crippen LogP contribution in [0.15, 0.2) is 48.5 Å². The number of halogens is 1. The van der Waals surface area contributed by atoms with Gasteiger partial charge >= 0.3 is 5.97 Å². The van der Waals surface area contributed by atoms with Gasteiger partial charge < -0.3 is 24.4 Å². The van der Waals surface area contributed by atoms with Crippen molar-refractivity contribution in [3.05, 3.63) is 54.3 Å². The van der Waals surface area contributed by atoms with Crippen LogP contribution >= 0.6 is 0 Å². The number of amides is 1. The first-order valence-corrected chi connectivity index (χ1v) is 9.79. The lowest BCUT2D eigenvalue weighted by Crippen LogP contribution is -2.36. The van der Waals surface area contributed by atoms with Crippen molar-refractivity contribution in [1.29, 1.82) is 0 Å². The molecule has 0 spiro atoms. The predicted molar refractivity (Wildman–Crippen MR) is 110 cm³/mol. The van der Waals surface area contributed by atoms with Gasteiger partial charge in [-0.05, 0) is 62.4 Å². The van der Waals surface area contributed by atoms with E-state index in [0.29, 0.717) is 24.7 Å². The van der Waals surface area contributed by atoms with Crippen LogP contribution in [0.3, 0.4) is 0 Å². The molecule has 0 aliphatic carbocycles. The fourth-order valence-electron chi connectivity index (χ4n) is 2.91. The van der Waals surface area contributed by atoms with Crippen LogP contribution in [-0.2, 0) is 19.1 Å². The molecular weight excluding hydrogens is 391 g/mol. The number of rotatable bonds is 7. The zero-order chi connectivity index (χ0) is 21.5. The van der Waals surface area contributed by atoms with E-state index in [0.717, 1.165) is 18.8 Å². The third-order valence-corrected chi connectivity index (χ3v) is 4.63. The molecule has 2 aromatic carbocycles. The van der Waals surface area contributed by atoms with E-state index in [4.69, 9.17) is 14.2 Å². The van der Waals surface area contributed by atoms with Crippen molar-refractivity contribution in [1.82, 2.24) is 0 Å². The fourth-order valence-corrected chi connectivity index (χ4v) is 2.91. The van der Waals surface area contributed by atoms with Crippen LogP contribution in [0.25, 0.3) is 0 Å². The standard InChI is InChI=1S/C22H25FN2O5/c1-15(30-22(27)16(2)29-20-9-3-17(23)4-10-20)21(26)24-18-5-7-19(8-6-18)25-11-13-28-14-12-25/h3-10,15-16H,11-14H2,1-2H3,(H,24,26)/t15-,16-/m0/s1. The van der Waals surface area contributed by atoms with Gasteiger partial charge in [0.1, 0.15) is 11.6 Å². The number of ether oxygens (including phenoxy) is 3. The van der Waals surface area contributed by atoms with Crippen LogP contribution in [0.1, 0.15) is 13.8 Å². The Morgan fingerprint density at radius 1 is 1.00 bits per heavy atom. The predicted octanol–water partition coefficient (Wildman–Crippen LogP) is 3.00. The van der Waals surface area contributed by atoms with Crippen LogP contribution in [0.2, 0.25) is 0 Å². The zero-order valence-corrected chi connectivity index (χ0v) is 17.0. The van der Waals surface area contributed by atoms with E-state index in [2.05, 4.69) is 10.2 Å². The molecule has 1 aliphatic heterocycles. The van der Waals surface area contributed by atoms with E-state index in [1.165, 1.54) is 38.1 Å². The Kier molecular flexibility index (Phi) is 7.24. The highest BCUT2D eigenvalue weighted by atomic mass is 19.1. The van der Waals surface area contributed by atoms with Crippen molar-refractivity contribution in [3.8, 4) is 5.75 Å². The number of nitrogens with one attached hydrogen (secondary N) is 1. The van der Waals surface area contributed by atoms with Crippen molar-refractivity contribution >= 4 is 23.3 Å². The average Bonchev–Trinajstić information content (AvgIpc) is 2.76. The van der Waals surface area contributed by atoms with Crippen LogP contribution in [0.5, 0.6) is 5.75 Å². The summed E-state index contributed by atoms with van der Waals surface area (Å²) in [7, 11) is 0. The number of benzene rings is 2. The topological polar surface area (TPSA) is 77.1 Å². The van der Waals surface area contributed by atoms with Gasteiger partial charge in [0.25, 0.3) is 5.91 Å². The molecule has 1 saturated heterocycles. The number of anilines is 2. The van der Waals surface area contributed by atoms with E-state index in [-0.39, 0.29) is 0 Å². The summed E-state index contributed by atoms with van der Waals surface area (Å²) in [6.07, 6.45) is -1.95. The molecule has 1 heterocycles. The van der Waals surface area contributed by atoms with Crippen LogP contribution < -0.4 is 15.0 Å². The lowest BCUT2D eigenvalue weighted by atomic mass is 10.2. The minimum atomic E-state index is -1.00. The molecule has 1 amide bonds. The summed E-state index contributed by atoms with van der Waals surface area (Å²) >= 11 is 0. The summed E-state index contributed by atoms with van der Waals surface area (Å²) in [4.78, 5) is 26.7. The monoisotopic (exact) mass is 416 g/mol. The number of carbonyl (C=O) groups is 2. The summed E-state index contributed by atoms with van der Waals surface area (Å²) < 4.78 is 28.9. The smallest absolute Gasteiger partial charge is 0.347 e. The van der Waals surface area contributed by atoms with E-state index >= 15 is 0 Å². The van der Waals surface area contributed by atoms with Gasteiger partial charge in [-0.1, -0.05) is 0 Å². The molecule has 0 bridgehead atoms. The molecule has 0 unspecified atom stereocenters. The summed E-state index contributed by atoms with van der Waals surface area (Å²) in [5.74, 6) is -1.21. The molecule has 0 saturated carbocycles. The second-order valence-electron chi connectivity index (χ2n) is 6.93. The van der Waals surface area contributed by atoms with Gasteiger partial charge in [-0.2, -0.15) is 0 Å². The molecule has 0 radical (unpaired) electrons. The van der Waals surface area contributed by atoms with Gasteiger partial charge in [-0.15, -0.1) is 0 Å². The molecule has 30 heavy (non-hydrogen) atoms. The molecule has 0 aromatic heterocycles. The highest BCUT2D eigenvalue weighted by molar-refractivity contribution is 5.95. The maximum Gasteiger partial charge on any atom is 0.347 e. The molecule has 1 fully saturated rings. The Balaban J connectivity index is 1.48. The first kappa shape index (κ1) is 21.6. The van der Waals surface area contributed by atoms with Gasteiger partial charge in [0.05, 0.1) is 13.2 Å². The third-order valence-electron chi connectivity index (χ3n) is 4.63. The van der Waals surface area contributed by atoms with Gasteiger partial charge in [0.15, 0.2) is 12.2 Å². The van der Waals surface area contributed by atoms with E-state index in [9.17, 15) is 14.0 Å². The molecule has 1 N–H and O–H groups in total. The van der Waals surface area contributed by atoms with E-state index in [1.54, 1.807) is 12.1 Å². The Morgan fingerprint density at radius 3 is 2.27 bits per heavy atom. The van der Waals surface area contributed by atoms with Gasteiger partial charge in [-0.25, -0.2) is 9.18 Å². The SMILES string of the molecule is C[C@H](OC(=O)[C@H](C)Oc1ccc(F)cc1)C(=O)Nc1ccc(N2CCOCC2)cc1. The zero-order valence-electron chi connectivity index (χ0n) is 17.0. The number of nitrogens with zero attached hydrogens (tertiary/aromatic N) is 1. The van der Waals surface area contributed by atoms with Gasteiger partial charge in [-0.3, -0.25) is 4.79 Å². The summed E-state index contributed by atoms with van der Waals surface area (Å²) in [5, 5.41) is 2.73. The Morgan fingerprint density at radius 2 is 1.63 bits per heavy atom. The summed E-state index contributed by atoms with van der Waals surface area (Å²) in [6.45, 7) is 6.05. The van der Waals surface area contributed by atoms with Crippen molar-refractivity contribution in [3.63, 3.8) is 0 Å². The lowest BCUT2D eigenvalue weighted by Gasteiger charge is -2.29. The Hall–Kier alpha value is -3.13. The maximum atomic E-state index is 12.9. The van der Waals surface area contributed by atoms with Crippen molar-refractivity contribution < 1.29 is 28.2 Å². The number of carbonyl (C=O) groups excluding carboxylic acids is 2. The van der Waals surface area contributed by atoms with E-state index < -0.39 is 29.9 Å². The Labute approximate surface area is 174 Å². The van der Waals surface area contributed by atoms with Crippen molar-refractivity contribution in [2.45, 2.75) is 26.1 Å². The molecule has 160 valence electrons. The summed E-state index contributed by atoms with van der Waals surface area (Å²) in [5.41, 5.74) is 1.66. The number of esters is 1. The highest BCUT2D eigenvalue weighted by Gasteiger charge is 2.23. The van der Waals surface area contributed by atoms with Crippen molar-refractivity contribution in [2.75, 3.05) is 36.5 Å². The first-order valence-electron chi connectivity index (χ1n) is 9.79. The lowest BCUT2D eigenvalue weighted by molar-refractivity contribution is -0.159. The van der Waals surface area contributed by atoms with Crippen LogP contribution in [0, 0.1) is 5.82 Å². The minimum Gasteiger partial charge on any atom is -0.479 e. The number of hydrogen-bond acceptors (Lipinski definition) is 6. The molecule has 3 rings (SSSR count). The quantitative estimate of drug-likeness (QED) is 0.700. The maximum absolute atomic E-state index is 12.9. The second kappa shape index (κ2) is 10.1. The van der Waals surface area contributed by atoms with Crippen LogP contribution in [0.4, 0.5) is 15.8 Å². The molecule has 8 heteroatoms. The van der Waals surface area contributed by atoms with Crippen LogP contribution in [-0.4, -0.2) is 50.4 Å². The van der Waals surface area contributed by atoms with Gasteiger partial charge in [0.2, 0.25) is 0 Å². The number of morpholine rings is 1. The second-order valence-corrected chi connectivity index (χ2v) is 6.93. The van der Waals surface area contributed by atoms with Crippen molar-refractivity contribution in [2.24, 2.45) is 0 Å². The molecule has 2 atom stereocenters. The fraction of sp³-hybridized carbons (Fsp3) is 0.364. The third kappa shape index (κ3) is 5.93. The summed E-state index contributed by atoms with van der Waals surface area (Å²) in [6, 6.07) is 12.7. The van der Waals surface area contributed by atoms with Gasteiger partial charge in [0, 0.05) is 24.5 Å². The molecular formula is C22H25FN2O5. The molecule has 2 aromatic rings. The first-order chi connectivity index (χ1) is 14.4. The van der Waals surface area contributed by atoms with E-state index in [1.807, 2.05) is 12.1 Å². The highest BCUT2D eigenvalue weighted by Crippen LogP contribution is 2.19. The average molecular weight is 416 g/mol. The Bertz CT molecular complexity index is 851. The largest absolute Gasteiger partial charge is 0.479 e. The minimum absolute atomic E-state index is 0.332. The normalized spacial score (nSPS) is 15.8. The number of hydrogen-bond donors (Lipinski definition) is 1.